The Morgan fingerprint density at radius 3 is 1.51 bits per heavy atom. The van der Waals surface area contributed by atoms with Crippen molar-refractivity contribution >= 4 is 40.4 Å². The molecule has 0 atom stereocenters. The maximum absolute atomic E-state index is 11.3. The van der Waals surface area contributed by atoms with Gasteiger partial charge in [-0.3, -0.25) is 9.59 Å². The quantitative estimate of drug-likeness (QED) is 0.147. The second-order valence-electron chi connectivity index (χ2n) is 7.76. The van der Waals surface area contributed by atoms with Crippen LogP contribution in [0.25, 0.3) is 0 Å². The van der Waals surface area contributed by atoms with Crippen LogP contribution < -0.4 is 9.64 Å². The van der Waals surface area contributed by atoms with Crippen LogP contribution in [-0.4, -0.2) is 32.5 Å². The summed E-state index contributed by atoms with van der Waals surface area (Å²) in [5.74, 6) is 0.0135. The molecule has 0 amide bonds. The predicted octanol–water partition coefficient (Wildman–Crippen LogP) is 7.15. The van der Waals surface area contributed by atoms with Crippen molar-refractivity contribution in [2.24, 2.45) is 20.5 Å². The summed E-state index contributed by atoms with van der Waals surface area (Å²) in [6.45, 7) is 3.54. The highest BCUT2D eigenvalue weighted by molar-refractivity contribution is 5.69. The average molecular weight is 504 g/mol. The number of hydrogen-bond donors (Lipinski definition) is 0. The third kappa shape index (κ3) is 9.17. The van der Waals surface area contributed by atoms with Gasteiger partial charge >= 0.3 is 11.9 Å². The maximum Gasteiger partial charge on any atom is 0.308 e. The van der Waals surface area contributed by atoms with Crippen molar-refractivity contribution in [3.8, 4) is 5.75 Å². The molecule has 0 unspecified atom stereocenters. The molecule has 3 rings (SSSR count). The number of rotatable bonds is 12. The first-order chi connectivity index (χ1) is 18.0. The largest absolute Gasteiger partial charge is 0.457 e. The highest BCUT2D eigenvalue weighted by Crippen LogP contribution is 2.25. The number of carbonyl (C=O) groups excluding carboxylic acids is 2. The summed E-state index contributed by atoms with van der Waals surface area (Å²) < 4.78 is 15.4. The Morgan fingerprint density at radius 2 is 1.05 bits per heavy atom. The fourth-order valence-corrected chi connectivity index (χ4v) is 2.81. The van der Waals surface area contributed by atoms with Crippen LogP contribution in [0.1, 0.15) is 26.7 Å². The predicted molar refractivity (Wildman–Crippen MR) is 139 cm³/mol. The van der Waals surface area contributed by atoms with Gasteiger partial charge in [0.1, 0.15) is 5.75 Å². The number of esters is 2. The summed E-state index contributed by atoms with van der Waals surface area (Å²) in [4.78, 5) is 24.3. The first-order valence-corrected chi connectivity index (χ1v) is 11.8. The minimum absolute atomic E-state index is 0.127. The first-order valence-electron chi connectivity index (χ1n) is 11.8. The molecule has 0 aliphatic rings. The Kier molecular flexibility index (Phi) is 10.3. The zero-order valence-electron chi connectivity index (χ0n) is 21.0. The molecule has 0 radical (unpaired) electrons. The zero-order chi connectivity index (χ0) is 26.5. The lowest BCUT2D eigenvalue weighted by atomic mass is 10.3. The molecule has 37 heavy (non-hydrogen) atoms. The number of carbonyl (C=O) groups is 2. The number of benzene rings is 3. The molecule has 0 N–H and O–H groups in total. The van der Waals surface area contributed by atoms with Crippen LogP contribution in [-0.2, 0) is 19.1 Å². The van der Waals surface area contributed by atoms with Crippen LogP contribution in [0.4, 0.5) is 28.4 Å². The van der Waals surface area contributed by atoms with E-state index in [1.54, 1.807) is 62.4 Å². The van der Waals surface area contributed by atoms with Crippen LogP contribution in [0.2, 0.25) is 0 Å². The molecular formula is C27H29N5O5. The van der Waals surface area contributed by atoms with Crippen molar-refractivity contribution in [2.45, 2.75) is 26.7 Å². The van der Waals surface area contributed by atoms with Crippen LogP contribution >= 0.6 is 0 Å². The number of hydrogen-bond acceptors (Lipinski definition) is 10. The van der Waals surface area contributed by atoms with Crippen molar-refractivity contribution in [1.82, 2.24) is 0 Å². The summed E-state index contributed by atoms with van der Waals surface area (Å²) in [7, 11) is 1.84. The molecule has 0 aliphatic heterocycles. The Labute approximate surface area is 215 Å². The molecule has 3 aromatic rings. The normalized spacial score (nSPS) is 11.0. The average Bonchev–Trinajstić information content (AvgIpc) is 2.94. The molecule has 0 aromatic heterocycles. The van der Waals surface area contributed by atoms with Gasteiger partial charge in [-0.25, -0.2) is 0 Å². The van der Waals surface area contributed by atoms with Gasteiger partial charge in [0.2, 0.25) is 6.79 Å². The van der Waals surface area contributed by atoms with Gasteiger partial charge in [0, 0.05) is 25.6 Å². The van der Waals surface area contributed by atoms with Crippen molar-refractivity contribution in [1.29, 1.82) is 0 Å². The number of ether oxygens (including phenoxy) is 3. The van der Waals surface area contributed by atoms with Crippen molar-refractivity contribution < 1.29 is 23.8 Å². The fraction of sp³-hybridized carbons (Fsp3) is 0.259. The van der Waals surface area contributed by atoms with Gasteiger partial charge in [0.15, 0.2) is 6.73 Å². The monoisotopic (exact) mass is 503 g/mol. The van der Waals surface area contributed by atoms with Crippen LogP contribution in [0.5, 0.6) is 5.75 Å². The molecule has 0 aliphatic carbocycles. The van der Waals surface area contributed by atoms with Crippen LogP contribution in [0.3, 0.4) is 0 Å². The lowest BCUT2D eigenvalue weighted by Gasteiger charge is -2.18. The minimum Gasteiger partial charge on any atom is -0.457 e. The number of anilines is 1. The Hall–Kier alpha value is -4.60. The zero-order valence-corrected chi connectivity index (χ0v) is 21.0. The van der Waals surface area contributed by atoms with E-state index in [0.717, 1.165) is 5.69 Å². The Bertz CT molecular complexity index is 1210. The van der Waals surface area contributed by atoms with Crippen molar-refractivity contribution in [3.63, 3.8) is 0 Å². The number of azo groups is 2. The van der Waals surface area contributed by atoms with Gasteiger partial charge in [-0.05, 0) is 72.8 Å². The molecule has 0 bridgehead atoms. The summed E-state index contributed by atoms with van der Waals surface area (Å²) >= 11 is 0. The van der Waals surface area contributed by atoms with Crippen LogP contribution in [0, 0.1) is 0 Å². The van der Waals surface area contributed by atoms with Gasteiger partial charge in [0.05, 0.1) is 22.7 Å². The van der Waals surface area contributed by atoms with Gasteiger partial charge in [-0.1, -0.05) is 13.8 Å². The van der Waals surface area contributed by atoms with E-state index >= 15 is 0 Å². The topological polar surface area (TPSA) is 115 Å². The third-order valence-electron chi connectivity index (χ3n) is 4.98. The van der Waals surface area contributed by atoms with Crippen molar-refractivity contribution in [3.05, 3.63) is 72.8 Å². The molecule has 0 saturated carbocycles. The molecule has 0 fully saturated rings. The van der Waals surface area contributed by atoms with Gasteiger partial charge in [-0.2, -0.15) is 20.5 Å². The van der Waals surface area contributed by atoms with Crippen LogP contribution in [0.15, 0.2) is 93.3 Å². The summed E-state index contributed by atoms with van der Waals surface area (Å²) in [5.41, 5.74) is 3.60. The van der Waals surface area contributed by atoms with E-state index in [1.807, 2.05) is 36.2 Å². The molecule has 0 heterocycles. The van der Waals surface area contributed by atoms with Gasteiger partial charge < -0.3 is 19.1 Å². The molecule has 10 nitrogen and oxygen atoms in total. The minimum atomic E-state index is -0.315. The molecule has 0 saturated heterocycles. The Balaban J connectivity index is 1.49. The molecular weight excluding hydrogens is 474 g/mol. The highest BCUT2D eigenvalue weighted by Gasteiger charge is 2.04. The first kappa shape index (κ1) is 27.0. The van der Waals surface area contributed by atoms with E-state index in [2.05, 4.69) is 20.5 Å². The van der Waals surface area contributed by atoms with E-state index < -0.39 is 0 Å². The maximum atomic E-state index is 11.3. The van der Waals surface area contributed by atoms with Gasteiger partial charge in [0.25, 0.3) is 0 Å². The Morgan fingerprint density at radius 1 is 0.649 bits per heavy atom. The van der Waals surface area contributed by atoms with E-state index in [9.17, 15) is 9.59 Å². The van der Waals surface area contributed by atoms with E-state index in [4.69, 9.17) is 14.2 Å². The lowest BCUT2D eigenvalue weighted by Crippen LogP contribution is -2.22. The summed E-state index contributed by atoms with van der Waals surface area (Å²) in [5, 5.41) is 17.0. The summed E-state index contributed by atoms with van der Waals surface area (Å²) in [6, 6.07) is 21.6. The van der Waals surface area contributed by atoms with E-state index in [-0.39, 0.29) is 25.5 Å². The summed E-state index contributed by atoms with van der Waals surface area (Å²) in [6.07, 6.45) is 0.654. The third-order valence-corrected chi connectivity index (χ3v) is 4.98. The second kappa shape index (κ2) is 14.1. The van der Waals surface area contributed by atoms with Gasteiger partial charge in [-0.15, -0.1) is 0 Å². The van der Waals surface area contributed by atoms with Crippen molar-refractivity contribution in [2.75, 3.05) is 25.5 Å². The molecule has 10 heteroatoms. The smallest absolute Gasteiger partial charge is 0.308 e. The second-order valence-corrected chi connectivity index (χ2v) is 7.76. The van der Waals surface area contributed by atoms with E-state index in [1.165, 1.54) is 0 Å². The number of nitrogens with zero attached hydrogens (tertiary/aromatic N) is 5. The SMILES string of the molecule is CCC(=O)OCOc1ccc(N=Nc2ccc(N=Nc3ccc(N(C)COC(=O)CC)cc3)cc2)cc1. The standard InChI is InChI=1S/C27H29N5O5/c1-4-26(33)35-18-32(3)24-14-10-22(11-15-24)30-28-20-6-8-21(9-7-20)29-31-23-12-16-25(17-13-23)36-19-37-27(34)5-2/h6-17H,4-5,18-19H2,1-3H3. The fourth-order valence-electron chi connectivity index (χ4n) is 2.81. The molecule has 192 valence electrons. The lowest BCUT2D eigenvalue weighted by molar-refractivity contribution is -0.149. The molecule has 3 aromatic carbocycles. The molecule has 0 spiro atoms. The highest BCUT2D eigenvalue weighted by atomic mass is 16.7. The van der Waals surface area contributed by atoms with E-state index in [0.29, 0.717) is 41.3 Å².